The van der Waals surface area contributed by atoms with Crippen LogP contribution in [-0.2, 0) is 11.0 Å². The average molecular weight is 325 g/mol. The van der Waals surface area contributed by atoms with Crippen LogP contribution in [0.1, 0.15) is 19.4 Å². The van der Waals surface area contributed by atoms with Gasteiger partial charge in [0.25, 0.3) is 0 Å². The number of benzene rings is 1. The minimum Gasteiger partial charge on any atom is -0.371 e. The first-order chi connectivity index (χ1) is 8.04. The molecule has 0 heterocycles. The Morgan fingerprint density at radius 3 is 2.33 bits per heavy atom. The van der Waals surface area contributed by atoms with Gasteiger partial charge in [0.2, 0.25) is 5.91 Å². The number of carbonyl (C=O) groups excluding carboxylic acids is 1. The maximum absolute atomic E-state index is 12.8. The molecule has 0 saturated carbocycles. The van der Waals surface area contributed by atoms with Gasteiger partial charge in [-0.15, -0.1) is 0 Å². The number of alkyl halides is 3. The lowest BCUT2D eigenvalue weighted by Gasteiger charge is -2.26. The average Bonchev–Trinajstić information content (AvgIpc) is 2.14. The van der Waals surface area contributed by atoms with Crippen LogP contribution in [0.3, 0.4) is 0 Å². The zero-order valence-electron chi connectivity index (χ0n) is 9.73. The Morgan fingerprint density at radius 2 is 1.89 bits per heavy atom. The van der Waals surface area contributed by atoms with Gasteiger partial charge in [0.1, 0.15) is 5.54 Å². The third-order valence-electron chi connectivity index (χ3n) is 2.35. The molecule has 0 saturated heterocycles. The Bertz CT molecular complexity index is 472. The first-order valence-corrected chi connectivity index (χ1v) is 5.78. The second-order valence-electron chi connectivity index (χ2n) is 4.30. The molecule has 7 heteroatoms. The molecule has 0 aliphatic rings. The van der Waals surface area contributed by atoms with E-state index in [0.717, 1.165) is 6.07 Å². The molecule has 3 N–H and O–H groups in total. The number of amides is 1. The van der Waals surface area contributed by atoms with Crippen molar-refractivity contribution >= 4 is 27.5 Å². The molecular weight excluding hydrogens is 313 g/mol. The van der Waals surface area contributed by atoms with Gasteiger partial charge in [-0.05, 0) is 32.0 Å². The van der Waals surface area contributed by atoms with Crippen LogP contribution in [0.4, 0.5) is 18.9 Å². The van der Waals surface area contributed by atoms with E-state index in [-0.39, 0.29) is 5.69 Å². The maximum Gasteiger partial charge on any atom is 0.418 e. The molecular formula is C11H12BrF3N2O. The summed E-state index contributed by atoms with van der Waals surface area (Å²) in [5, 5.41) is 2.51. The Morgan fingerprint density at radius 1 is 1.33 bits per heavy atom. The molecule has 0 aliphatic heterocycles. The fourth-order valence-electron chi connectivity index (χ4n) is 1.27. The standard InChI is InChI=1S/C11H12BrF3N2O/c1-10(2,9(16)18)17-8-5-6(12)3-4-7(8)11(13,14)15/h3-5,17H,1-2H3,(H2,16,18). The van der Waals surface area contributed by atoms with Crippen LogP contribution in [0.2, 0.25) is 0 Å². The van der Waals surface area contributed by atoms with Crippen molar-refractivity contribution in [1.29, 1.82) is 0 Å². The number of nitrogens with two attached hydrogens (primary N) is 1. The Hall–Kier alpha value is -1.24. The summed E-state index contributed by atoms with van der Waals surface area (Å²) in [4.78, 5) is 11.1. The summed E-state index contributed by atoms with van der Waals surface area (Å²) in [6, 6.07) is 3.47. The van der Waals surface area contributed by atoms with E-state index in [4.69, 9.17) is 5.73 Å². The van der Waals surface area contributed by atoms with Gasteiger partial charge in [-0.25, -0.2) is 0 Å². The fraction of sp³-hybridized carbons (Fsp3) is 0.364. The van der Waals surface area contributed by atoms with Crippen molar-refractivity contribution in [2.45, 2.75) is 25.6 Å². The number of nitrogens with one attached hydrogen (secondary N) is 1. The first kappa shape index (κ1) is 14.8. The summed E-state index contributed by atoms with van der Waals surface area (Å²) < 4.78 is 38.8. The lowest BCUT2D eigenvalue weighted by molar-refractivity contribution is -0.137. The predicted octanol–water partition coefficient (Wildman–Crippen LogP) is 3.14. The molecule has 1 rings (SSSR count). The molecule has 1 aromatic carbocycles. The number of halogens is 4. The Balaban J connectivity index is 3.23. The molecule has 0 aliphatic carbocycles. The summed E-state index contributed by atoms with van der Waals surface area (Å²) >= 11 is 3.08. The van der Waals surface area contributed by atoms with E-state index in [0.29, 0.717) is 4.47 Å². The zero-order chi connectivity index (χ0) is 14.1. The van der Waals surface area contributed by atoms with Gasteiger partial charge in [0.05, 0.1) is 5.56 Å². The molecule has 0 aromatic heterocycles. The second-order valence-corrected chi connectivity index (χ2v) is 5.22. The van der Waals surface area contributed by atoms with E-state index in [9.17, 15) is 18.0 Å². The van der Waals surface area contributed by atoms with Gasteiger partial charge in [0, 0.05) is 10.2 Å². The van der Waals surface area contributed by atoms with Crippen molar-refractivity contribution in [3.8, 4) is 0 Å². The molecule has 3 nitrogen and oxygen atoms in total. The Kier molecular flexibility index (Phi) is 3.95. The van der Waals surface area contributed by atoms with Crippen molar-refractivity contribution in [3.63, 3.8) is 0 Å². The van der Waals surface area contributed by atoms with E-state index < -0.39 is 23.2 Å². The van der Waals surface area contributed by atoms with Gasteiger partial charge >= 0.3 is 6.18 Å². The highest BCUT2D eigenvalue weighted by molar-refractivity contribution is 9.10. The summed E-state index contributed by atoms with van der Waals surface area (Å²) in [5.74, 6) is -0.740. The molecule has 1 amide bonds. The molecule has 18 heavy (non-hydrogen) atoms. The minimum absolute atomic E-state index is 0.194. The number of hydrogen-bond acceptors (Lipinski definition) is 2. The molecule has 0 atom stereocenters. The molecule has 0 spiro atoms. The fourth-order valence-corrected chi connectivity index (χ4v) is 1.63. The molecule has 100 valence electrons. The van der Waals surface area contributed by atoms with Crippen LogP contribution < -0.4 is 11.1 Å². The molecule has 0 bridgehead atoms. The van der Waals surface area contributed by atoms with Gasteiger partial charge in [-0.2, -0.15) is 13.2 Å². The van der Waals surface area contributed by atoms with E-state index in [1.165, 1.54) is 26.0 Å². The number of hydrogen-bond donors (Lipinski definition) is 2. The summed E-state index contributed by atoms with van der Waals surface area (Å²) in [6.45, 7) is 2.83. The quantitative estimate of drug-likeness (QED) is 0.897. The van der Waals surface area contributed by atoms with Crippen LogP contribution in [0.25, 0.3) is 0 Å². The second kappa shape index (κ2) is 4.79. The van der Waals surface area contributed by atoms with E-state index in [1.807, 2.05) is 0 Å². The third kappa shape index (κ3) is 3.38. The van der Waals surface area contributed by atoms with Crippen molar-refractivity contribution < 1.29 is 18.0 Å². The minimum atomic E-state index is -4.50. The summed E-state index contributed by atoms with van der Waals surface area (Å²) in [7, 11) is 0. The van der Waals surface area contributed by atoms with E-state index >= 15 is 0 Å². The SMILES string of the molecule is CC(C)(Nc1cc(Br)ccc1C(F)(F)F)C(N)=O. The molecule has 0 radical (unpaired) electrons. The van der Waals surface area contributed by atoms with Gasteiger partial charge in [-0.3, -0.25) is 4.79 Å². The number of anilines is 1. The van der Waals surface area contributed by atoms with Gasteiger partial charge in [0.15, 0.2) is 0 Å². The van der Waals surface area contributed by atoms with Crippen LogP contribution in [-0.4, -0.2) is 11.4 Å². The number of carbonyl (C=O) groups is 1. The van der Waals surface area contributed by atoms with Crippen molar-refractivity contribution in [3.05, 3.63) is 28.2 Å². The predicted molar refractivity (Wildman–Crippen MR) is 66.0 cm³/mol. The van der Waals surface area contributed by atoms with Crippen molar-refractivity contribution in [2.75, 3.05) is 5.32 Å². The summed E-state index contributed by atoms with van der Waals surface area (Å²) in [5.41, 5.74) is 2.80. The monoisotopic (exact) mass is 324 g/mol. The topological polar surface area (TPSA) is 55.1 Å². The van der Waals surface area contributed by atoms with Crippen molar-refractivity contribution in [2.24, 2.45) is 5.73 Å². The van der Waals surface area contributed by atoms with E-state index in [2.05, 4.69) is 21.2 Å². The highest BCUT2D eigenvalue weighted by Crippen LogP contribution is 2.37. The van der Waals surface area contributed by atoms with E-state index in [1.54, 1.807) is 0 Å². The third-order valence-corrected chi connectivity index (χ3v) is 2.84. The lowest BCUT2D eigenvalue weighted by atomic mass is 10.0. The van der Waals surface area contributed by atoms with Crippen LogP contribution in [0.5, 0.6) is 0 Å². The van der Waals surface area contributed by atoms with Crippen LogP contribution in [0, 0.1) is 0 Å². The first-order valence-electron chi connectivity index (χ1n) is 4.99. The molecule has 0 fully saturated rings. The van der Waals surface area contributed by atoms with Crippen molar-refractivity contribution in [1.82, 2.24) is 0 Å². The smallest absolute Gasteiger partial charge is 0.371 e. The zero-order valence-corrected chi connectivity index (χ0v) is 11.3. The van der Waals surface area contributed by atoms with Crippen LogP contribution >= 0.6 is 15.9 Å². The Labute approximate surface area is 111 Å². The maximum atomic E-state index is 12.8. The largest absolute Gasteiger partial charge is 0.418 e. The highest BCUT2D eigenvalue weighted by Gasteiger charge is 2.35. The van der Waals surface area contributed by atoms with Gasteiger partial charge in [-0.1, -0.05) is 15.9 Å². The van der Waals surface area contributed by atoms with Crippen LogP contribution in [0.15, 0.2) is 22.7 Å². The summed E-state index contributed by atoms with van der Waals surface area (Å²) in [6.07, 6.45) is -4.50. The lowest BCUT2D eigenvalue weighted by Crippen LogP contribution is -2.45. The molecule has 1 aromatic rings. The molecule has 0 unspecified atom stereocenters. The highest BCUT2D eigenvalue weighted by atomic mass is 79.9. The number of primary amides is 1. The normalized spacial score (nSPS) is 12.3. The van der Waals surface area contributed by atoms with Gasteiger partial charge < -0.3 is 11.1 Å². The number of rotatable bonds is 3.